The minimum absolute atomic E-state index is 0.0137. The van der Waals surface area contributed by atoms with Gasteiger partial charge in [0.2, 0.25) is 5.92 Å². The number of aromatic nitrogens is 1. The molecule has 1 fully saturated rings. The Morgan fingerprint density at radius 3 is 2.57 bits per heavy atom. The van der Waals surface area contributed by atoms with Crippen LogP contribution in [0.4, 0.5) is 8.78 Å². The summed E-state index contributed by atoms with van der Waals surface area (Å²) in [7, 11) is 0. The molecule has 0 unspecified atom stereocenters. The van der Waals surface area contributed by atoms with Crippen LogP contribution in [-0.2, 0) is 6.42 Å². The van der Waals surface area contributed by atoms with Crippen molar-refractivity contribution in [2.45, 2.75) is 38.0 Å². The van der Waals surface area contributed by atoms with E-state index >= 15 is 0 Å². The molecule has 0 bridgehead atoms. The van der Waals surface area contributed by atoms with E-state index in [2.05, 4.69) is 4.98 Å². The van der Waals surface area contributed by atoms with Crippen molar-refractivity contribution in [3.8, 4) is 0 Å². The highest BCUT2D eigenvalue weighted by atomic mass is 19.3. The minimum Gasteiger partial charge on any atom is -0.261 e. The monoisotopic (exact) mass is 197 g/mol. The number of hydrogen-bond acceptors (Lipinski definition) is 1. The Labute approximate surface area is 82.2 Å². The molecule has 1 aliphatic rings. The molecule has 0 aromatic carbocycles. The Bertz CT molecular complexity index is 311. The average Bonchev–Trinajstić information content (AvgIpc) is 2.14. The average molecular weight is 197 g/mol. The predicted octanol–water partition coefficient (Wildman–Crippen LogP) is 3.16. The summed E-state index contributed by atoms with van der Waals surface area (Å²) in [6.45, 7) is 2.03. The van der Waals surface area contributed by atoms with Gasteiger partial charge in [0.1, 0.15) is 0 Å². The van der Waals surface area contributed by atoms with Crippen molar-refractivity contribution >= 4 is 0 Å². The fourth-order valence-corrected chi connectivity index (χ4v) is 1.78. The van der Waals surface area contributed by atoms with Gasteiger partial charge in [0.05, 0.1) is 0 Å². The molecule has 0 spiro atoms. The van der Waals surface area contributed by atoms with Crippen LogP contribution in [0.15, 0.2) is 18.3 Å². The first-order chi connectivity index (χ1) is 6.61. The normalized spacial score (nSPS) is 20.5. The fourth-order valence-electron chi connectivity index (χ4n) is 1.78. The van der Waals surface area contributed by atoms with Crippen molar-refractivity contribution in [2.75, 3.05) is 0 Å². The molecule has 0 aliphatic heterocycles. The van der Waals surface area contributed by atoms with Gasteiger partial charge in [-0.15, -0.1) is 0 Å². The largest absolute Gasteiger partial charge is 0.261 e. The lowest BCUT2D eigenvalue weighted by atomic mass is 9.77. The van der Waals surface area contributed by atoms with Crippen molar-refractivity contribution < 1.29 is 8.78 Å². The van der Waals surface area contributed by atoms with Crippen LogP contribution in [-0.4, -0.2) is 10.9 Å². The molecule has 1 aromatic heterocycles. The van der Waals surface area contributed by atoms with Gasteiger partial charge in [-0.3, -0.25) is 4.98 Å². The molecule has 76 valence electrons. The zero-order valence-corrected chi connectivity index (χ0v) is 8.13. The molecule has 2 rings (SSSR count). The number of alkyl halides is 2. The second-order valence-electron chi connectivity index (χ2n) is 3.90. The van der Waals surface area contributed by atoms with E-state index in [1.54, 1.807) is 6.20 Å². The van der Waals surface area contributed by atoms with Crippen LogP contribution in [0.2, 0.25) is 0 Å². The molecule has 0 atom stereocenters. The predicted molar refractivity (Wildman–Crippen MR) is 50.5 cm³/mol. The van der Waals surface area contributed by atoms with Gasteiger partial charge < -0.3 is 0 Å². The van der Waals surface area contributed by atoms with Crippen molar-refractivity contribution in [2.24, 2.45) is 0 Å². The topological polar surface area (TPSA) is 12.9 Å². The molecule has 0 amide bonds. The summed E-state index contributed by atoms with van der Waals surface area (Å²) in [5.41, 5.74) is 1.97. The van der Waals surface area contributed by atoms with Crippen LogP contribution in [0.3, 0.4) is 0 Å². The summed E-state index contributed by atoms with van der Waals surface area (Å²) in [5.74, 6) is -2.42. The number of hydrogen-bond donors (Lipinski definition) is 0. The molecule has 1 nitrogen and oxygen atoms in total. The number of aryl methyl sites for hydroxylation is 1. The molecule has 14 heavy (non-hydrogen) atoms. The van der Waals surface area contributed by atoms with Crippen LogP contribution in [0.25, 0.3) is 0 Å². The standard InChI is InChI=1S/C11H13F2N/c1-2-10-4-3-8(7-14-10)9-5-11(12,13)6-9/h3-4,7,9H,2,5-6H2,1H3. The van der Waals surface area contributed by atoms with Crippen LogP contribution in [0.1, 0.15) is 36.9 Å². The Morgan fingerprint density at radius 2 is 2.14 bits per heavy atom. The molecular formula is C11H13F2N. The van der Waals surface area contributed by atoms with E-state index < -0.39 is 5.92 Å². The zero-order chi connectivity index (χ0) is 10.2. The van der Waals surface area contributed by atoms with E-state index in [9.17, 15) is 8.78 Å². The summed E-state index contributed by atoms with van der Waals surface area (Å²) in [6.07, 6.45) is 2.60. The van der Waals surface area contributed by atoms with E-state index in [-0.39, 0.29) is 18.8 Å². The SMILES string of the molecule is CCc1ccc(C2CC(F)(F)C2)cn1. The van der Waals surface area contributed by atoms with E-state index in [0.29, 0.717) is 0 Å². The first-order valence-electron chi connectivity index (χ1n) is 4.93. The smallest absolute Gasteiger partial charge is 0.249 e. The Balaban J connectivity index is 2.05. The Hall–Kier alpha value is -0.990. The summed E-state index contributed by atoms with van der Waals surface area (Å²) >= 11 is 0. The van der Waals surface area contributed by atoms with E-state index in [4.69, 9.17) is 0 Å². The van der Waals surface area contributed by atoms with Crippen LogP contribution < -0.4 is 0 Å². The van der Waals surface area contributed by atoms with Crippen LogP contribution in [0, 0.1) is 0 Å². The Morgan fingerprint density at radius 1 is 1.43 bits per heavy atom. The summed E-state index contributed by atoms with van der Waals surface area (Å²) in [4.78, 5) is 4.20. The van der Waals surface area contributed by atoms with Gasteiger partial charge >= 0.3 is 0 Å². The van der Waals surface area contributed by atoms with Gasteiger partial charge in [-0.25, -0.2) is 8.78 Å². The number of pyridine rings is 1. The second-order valence-corrected chi connectivity index (χ2v) is 3.90. The third-order valence-corrected chi connectivity index (χ3v) is 2.77. The number of rotatable bonds is 2. The third kappa shape index (κ3) is 1.76. The molecule has 1 saturated carbocycles. The quantitative estimate of drug-likeness (QED) is 0.709. The van der Waals surface area contributed by atoms with E-state index in [1.165, 1.54) is 0 Å². The van der Waals surface area contributed by atoms with E-state index in [1.807, 2.05) is 19.1 Å². The molecule has 0 N–H and O–H groups in total. The van der Waals surface area contributed by atoms with Crippen LogP contribution >= 0.6 is 0 Å². The molecule has 1 aliphatic carbocycles. The third-order valence-electron chi connectivity index (χ3n) is 2.77. The Kier molecular flexibility index (Phi) is 2.25. The first kappa shape index (κ1) is 9.56. The summed E-state index contributed by atoms with van der Waals surface area (Å²) in [6, 6.07) is 3.84. The lowest BCUT2D eigenvalue weighted by molar-refractivity contribution is -0.0868. The van der Waals surface area contributed by atoms with Gasteiger partial charge in [-0.05, 0) is 24.0 Å². The summed E-state index contributed by atoms with van der Waals surface area (Å²) < 4.78 is 25.2. The maximum Gasteiger partial charge on any atom is 0.249 e. The lowest BCUT2D eigenvalue weighted by Gasteiger charge is -2.35. The first-order valence-corrected chi connectivity index (χ1v) is 4.93. The summed E-state index contributed by atoms with van der Waals surface area (Å²) in [5, 5.41) is 0. The van der Waals surface area contributed by atoms with Gasteiger partial charge in [-0.2, -0.15) is 0 Å². The molecular weight excluding hydrogens is 184 g/mol. The molecule has 1 heterocycles. The lowest BCUT2D eigenvalue weighted by Crippen LogP contribution is -2.33. The highest BCUT2D eigenvalue weighted by Gasteiger charge is 2.45. The fraction of sp³-hybridized carbons (Fsp3) is 0.545. The molecule has 3 heteroatoms. The number of nitrogens with zero attached hydrogens (tertiary/aromatic N) is 1. The van der Waals surface area contributed by atoms with Gasteiger partial charge in [0, 0.05) is 24.7 Å². The maximum absolute atomic E-state index is 12.6. The van der Waals surface area contributed by atoms with Crippen LogP contribution in [0.5, 0.6) is 0 Å². The van der Waals surface area contributed by atoms with Crippen molar-refractivity contribution in [3.05, 3.63) is 29.6 Å². The molecule has 0 saturated heterocycles. The van der Waals surface area contributed by atoms with Gasteiger partial charge in [0.15, 0.2) is 0 Å². The van der Waals surface area contributed by atoms with Crippen molar-refractivity contribution in [1.29, 1.82) is 0 Å². The highest BCUT2D eigenvalue weighted by molar-refractivity contribution is 5.22. The van der Waals surface area contributed by atoms with E-state index in [0.717, 1.165) is 17.7 Å². The van der Waals surface area contributed by atoms with Crippen molar-refractivity contribution in [3.63, 3.8) is 0 Å². The minimum atomic E-state index is -2.44. The number of halogens is 2. The van der Waals surface area contributed by atoms with Gasteiger partial charge in [0.25, 0.3) is 0 Å². The zero-order valence-electron chi connectivity index (χ0n) is 8.13. The van der Waals surface area contributed by atoms with Crippen molar-refractivity contribution in [1.82, 2.24) is 4.98 Å². The highest BCUT2D eigenvalue weighted by Crippen LogP contribution is 2.47. The maximum atomic E-state index is 12.6. The van der Waals surface area contributed by atoms with Gasteiger partial charge in [-0.1, -0.05) is 13.0 Å². The molecule has 0 radical (unpaired) electrons. The molecule has 1 aromatic rings. The second kappa shape index (κ2) is 3.30.